The maximum absolute atomic E-state index is 12.7. The molecule has 0 saturated heterocycles. The highest BCUT2D eigenvalue weighted by molar-refractivity contribution is 6.02. The monoisotopic (exact) mass is 264 g/mol. The van der Waals surface area contributed by atoms with Gasteiger partial charge in [0.1, 0.15) is 11.4 Å². The number of benzene rings is 1. The van der Waals surface area contributed by atoms with Gasteiger partial charge in [0.25, 0.3) is 0 Å². The topological polar surface area (TPSA) is 35.5 Å². The fourth-order valence-electron chi connectivity index (χ4n) is 2.27. The van der Waals surface area contributed by atoms with Crippen molar-refractivity contribution in [1.29, 1.82) is 0 Å². The van der Waals surface area contributed by atoms with Crippen LogP contribution in [-0.4, -0.2) is 24.6 Å². The van der Waals surface area contributed by atoms with E-state index in [-0.39, 0.29) is 5.78 Å². The van der Waals surface area contributed by atoms with Crippen molar-refractivity contribution in [3.8, 4) is 5.75 Å². The highest BCUT2D eigenvalue weighted by atomic mass is 16.5. The Bertz CT molecular complexity index is 408. The van der Waals surface area contributed by atoms with E-state index in [4.69, 9.17) is 9.47 Å². The van der Waals surface area contributed by atoms with Crippen molar-refractivity contribution in [2.75, 3.05) is 13.2 Å². The van der Waals surface area contributed by atoms with Gasteiger partial charge in [-0.25, -0.2) is 0 Å². The molecular weight excluding hydrogens is 240 g/mol. The normalized spacial score (nSPS) is 11.4. The summed E-state index contributed by atoms with van der Waals surface area (Å²) in [4.78, 5) is 12.7. The first-order valence-electron chi connectivity index (χ1n) is 7.05. The van der Waals surface area contributed by atoms with Crippen LogP contribution in [0.15, 0.2) is 24.3 Å². The number of rotatable bonds is 8. The lowest BCUT2D eigenvalue weighted by Crippen LogP contribution is -2.40. The molecule has 1 aromatic rings. The molecule has 1 aromatic carbocycles. The SMILES string of the molecule is CCOc1cccc(C(=O)C(CC)(CC)OCC)c1. The van der Waals surface area contributed by atoms with Gasteiger partial charge < -0.3 is 9.47 Å². The summed E-state index contributed by atoms with van der Waals surface area (Å²) in [5, 5.41) is 0. The third-order valence-electron chi connectivity index (χ3n) is 3.38. The Hall–Kier alpha value is -1.35. The predicted octanol–water partition coefficient (Wildman–Crippen LogP) is 3.86. The van der Waals surface area contributed by atoms with Crippen molar-refractivity contribution < 1.29 is 14.3 Å². The zero-order chi connectivity index (χ0) is 14.3. The number of ketones is 1. The molecule has 0 aliphatic heterocycles. The average molecular weight is 264 g/mol. The first-order chi connectivity index (χ1) is 9.13. The molecule has 0 atom stereocenters. The van der Waals surface area contributed by atoms with E-state index < -0.39 is 5.60 Å². The Kier molecular flexibility index (Phi) is 6.03. The van der Waals surface area contributed by atoms with Gasteiger partial charge in [0.05, 0.1) is 6.61 Å². The van der Waals surface area contributed by atoms with Crippen LogP contribution in [0, 0.1) is 0 Å². The second-order valence-corrected chi connectivity index (χ2v) is 4.42. The molecule has 0 aliphatic rings. The molecule has 3 heteroatoms. The average Bonchev–Trinajstić information content (AvgIpc) is 2.45. The van der Waals surface area contributed by atoms with Gasteiger partial charge in [-0.3, -0.25) is 4.79 Å². The molecule has 0 heterocycles. The van der Waals surface area contributed by atoms with Crippen LogP contribution in [0.3, 0.4) is 0 Å². The van der Waals surface area contributed by atoms with Gasteiger partial charge in [-0.2, -0.15) is 0 Å². The van der Waals surface area contributed by atoms with Crippen molar-refractivity contribution in [2.45, 2.75) is 46.1 Å². The molecular formula is C16H24O3. The second kappa shape index (κ2) is 7.29. The van der Waals surface area contributed by atoms with E-state index >= 15 is 0 Å². The standard InChI is InChI=1S/C16H24O3/c1-5-16(6-2,19-8-4)15(17)13-10-9-11-14(12-13)18-7-3/h9-12H,5-8H2,1-4H3. The lowest BCUT2D eigenvalue weighted by atomic mass is 9.87. The maximum atomic E-state index is 12.7. The molecule has 0 spiro atoms. The van der Waals surface area contributed by atoms with Crippen molar-refractivity contribution in [2.24, 2.45) is 0 Å². The predicted molar refractivity (Wildman–Crippen MR) is 76.9 cm³/mol. The van der Waals surface area contributed by atoms with Crippen molar-refractivity contribution in [1.82, 2.24) is 0 Å². The minimum Gasteiger partial charge on any atom is -0.494 e. The van der Waals surface area contributed by atoms with E-state index in [0.717, 1.165) is 5.75 Å². The molecule has 3 nitrogen and oxygen atoms in total. The number of carbonyl (C=O) groups is 1. The second-order valence-electron chi connectivity index (χ2n) is 4.42. The molecule has 0 radical (unpaired) electrons. The number of hydrogen-bond acceptors (Lipinski definition) is 3. The summed E-state index contributed by atoms with van der Waals surface area (Å²) in [6.07, 6.45) is 1.35. The summed E-state index contributed by atoms with van der Waals surface area (Å²) < 4.78 is 11.2. The highest BCUT2D eigenvalue weighted by Crippen LogP contribution is 2.27. The molecule has 0 fully saturated rings. The molecule has 0 aromatic heterocycles. The summed E-state index contributed by atoms with van der Waals surface area (Å²) >= 11 is 0. The molecule has 0 bridgehead atoms. The Morgan fingerprint density at radius 2 is 1.79 bits per heavy atom. The first kappa shape index (κ1) is 15.7. The van der Waals surface area contributed by atoms with E-state index in [9.17, 15) is 4.79 Å². The van der Waals surface area contributed by atoms with Crippen LogP contribution in [0.25, 0.3) is 0 Å². The zero-order valence-corrected chi connectivity index (χ0v) is 12.4. The summed E-state index contributed by atoms with van der Waals surface area (Å²) in [7, 11) is 0. The Morgan fingerprint density at radius 3 is 2.32 bits per heavy atom. The number of carbonyl (C=O) groups excluding carboxylic acids is 1. The van der Waals surface area contributed by atoms with Crippen molar-refractivity contribution in [3.05, 3.63) is 29.8 Å². The molecule has 0 saturated carbocycles. The van der Waals surface area contributed by atoms with Crippen LogP contribution >= 0.6 is 0 Å². The Balaban J connectivity index is 3.05. The van der Waals surface area contributed by atoms with E-state index in [1.165, 1.54) is 0 Å². The highest BCUT2D eigenvalue weighted by Gasteiger charge is 2.36. The Labute approximate surface area is 115 Å². The summed E-state index contributed by atoms with van der Waals surface area (Å²) in [6, 6.07) is 7.33. The van der Waals surface area contributed by atoms with Crippen molar-refractivity contribution in [3.63, 3.8) is 0 Å². The van der Waals surface area contributed by atoms with Gasteiger partial charge in [-0.15, -0.1) is 0 Å². The minimum atomic E-state index is -0.709. The van der Waals surface area contributed by atoms with Gasteiger partial charge in [-0.05, 0) is 38.8 Å². The van der Waals surface area contributed by atoms with E-state index in [1.807, 2.05) is 45.9 Å². The fourth-order valence-corrected chi connectivity index (χ4v) is 2.27. The maximum Gasteiger partial charge on any atom is 0.194 e. The van der Waals surface area contributed by atoms with Crippen LogP contribution in [-0.2, 0) is 4.74 Å². The molecule has 106 valence electrons. The third-order valence-corrected chi connectivity index (χ3v) is 3.38. The lowest BCUT2D eigenvalue weighted by Gasteiger charge is -2.30. The van der Waals surface area contributed by atoms with Crippen molar-refractivity contribution >= 4 is 5.78 Å². The fraction of sp³-hybridized carbons (Fsp3) is 0.562. The van der Waals surface area contributed by atoms with Gasteiger partial charge >= 0.3 is 0 Å². The molecule has 0 aliphatic carbocycles. The smallest absolute Gasteiger partial charge is 0.194 e. The quantitative estimate of drug-likeness (QED) is 0.669. The minimum absolute atomic E-state index is 0.0425. The molecule has 0 N–H and O–H groups in total. The zero-order valence-electron chi connectivity index (χ0n) is 12.4. The van der Waals surface area contributed by atoms with Crippen LogP contribution in [0.2, 0.25) is 0 Å². The molecule has 0 unspecified atom stereocenters. The van der Waals surface area contributed by atoms with E-state index in [0.29, 0.717) is 31.6 Å². The number of ether oxygens (including phenoxy) is 2. The molecule has 1 rings (SSSR count). The van der Waals surface area contributed by atoms with Crippen LogP contribution in [0.5, 0.6) is 5.75 Å². The van der Waals surface area contributed by atoms with Gasteiger partial charge in [0, 0.05) is 12.2 Å². The van der Waals surface area contributed by atoms with E-state index in [1.54, 1.807) is 6.07 Å². The van der Waals surface area contributed by atoms with Crippen LogP contribution in [0.4, 0.5) is 0 Å². The van der Waals surface area contributed by atoms with E-state index in [2.05, 4.69) is 0 Å². The summed E-state index contributed by atoms with van der Waals surface area (Å²) in [5.41, 5.74) is -0.0531. The van der Waals surface area contributed by atoms with Gasteiger partial charge in [-0.1, -0.05) is 26.0 Å². The van der Waals surface area contributed by atoms with Crippen LogP contribution < -0.4 is 4.74 Å². The third kappa shape index (κ3) is 3.57. The molecule has 19 heavy (non-hydrogen) atoms. The van der Waals surface area contributed by atoms with Gasteiger partial charge in [0.2, 0.25) is 0 Å². The Morgan fingerprint density at radius 1 is 1.11 bits per heavy atom. The molecule has 0 amide bonds. The number of hydrogen-bond donors (Lipinski definition) is 0. The first-order valence-corrected chi connectivity index (χ1v) is 7.05. The van der Waals surface area contributed by atoms with Gasteiger partial charge in [0.15, 0.2) is 5.78 Å². The lowest BCUT2D eigenvalue weighted by molar-refractivity contribution is -0.0250. The largest absolute Gasteiger partial charge is 0.494 e. The number of Topliss-reactive ketones (excluding diaryl/α,β-unsaturated/α-hetero) is 1. The van der Waals surface area contributed by atoms with Crippen LogP contribution in [0.1, 0.15) is 50.9 Å². The summed E-state index contributed by atoms with van der Waals surface area (Å²) in [6.45, 7) is 8.96. The summed E-state index contributed by atoms with van der Waals surface area (Å²) in [5.74, 6) is 0.770.